The van der Waals surface area contributed by atoms with Crippen LogP contribution in [0.25, 0.3) is 0 Å². The number of nitrogens with one attached hydrogen (secondary N) is 2. The van der Waals surface area contributed by atoms with Crippen LogP contribution < -0.4 is 10.7 Å². The molecule has 1 unspecified atom stereocenters. The number of halogens is 3. The van der Waals surface area contributed by atoms with E-state index in [1.54, 1.807) is 30.3 Å². The Labute approximate surface area is 184 Å². The summed E-state index contributed by atoms with van der Waals surface area (Å²) in [6, 6.07) is 9.01. The van der Waals surface area contributed by atoms with E-state index in [0.29, 0.717) is 25.1 Å². The number of carbonyl (C=O) groups is 2. The summed E-state index contributed by atoms with van der Waals surface area (Å²) in [5.74, 6) is -0.926. The van der Waals surface area contributed by atoms with Gasteiger partial charge in [0.25, 0.3) is 11.8 Å². The maximum absolute atomic E-state index is 12.5. The highest BCUT2D eigenvalue weighted by molar-refractivity contribution is 9.11. The molecule has 0 spiro atoms. The van der Waals surface area contributed by atoms with Gasteiger partial charge in [-0.2, -0.15) is 5.10 Å². The van der Waals surface area contributed by atoms with E-state index in [-0.39, 0.29) is 11.7 Å². The van der Waals surface area contributed by atoms with Crippen LogP contribution in [0.2, 0.25) is 5.02 Å². The molecule has 0 saturated heterocycles. The summed E-state index contributed by atoms with van der Waals surface area (Å²) in [5.41, 5.74) is 3.45. The average Bonchev–Trinajstić information content (AvgIpc) is 2.63. The number of hydrazone groups is 1. The van der Waals surface area contributed by atoms with Gasteiger partial charge >= 0.3 is 0 Å². The quantitative estimate of drug-likeness (QED) is 0.379. The molecule has 0 fully saturated rings. The van der Waals surface area contributed by atoms with Crippen LogP contribution in [0.4, 0.5) is 0 Å². The Morgan fingerprint density at radius 1 is 1.18 bits per heavy atom. The minimum absolute atomic E-state index is 0.0739. The first-order valence-electron chi connectivity index (χ1n) is 8.26. The summed E-state index contributed by atoms with van der Waals surface area (Å²) in [7, 11) is 0. The van der Waals surface area contributed by atoms with Crippen LogP contribution in [0.5, 0.6) is 5.75 Å². The largest absolute Gasteiger partial charge is 0.506 e. The molecule has 2 aromatic carbocycles. The van der Waals surface area contributed by atoms with Crippen LogP contribution in [0.15, 0.2) is 50.4 Å². The van der Waals surface area contributed by atoms with Crippen molar-refractivity contribution in [1.82, 2.24) is 10.7 Å². The van der Waals surface area contributed by atoms with Gasteiger partial charge in [-0.25, -0.2) is 5.43 Å². The normalized spacial score (nSPS) is 12.2. The van der Waals surface area contributed by atoms with Gasteiger partial charge in [0.1, 0.15) is 11.8 Å². The van der Waals surface area contributed by atoms with Gasteiger partial charge in [0.05, 0.1) is 15.2 Å². The van der Waals surface area contributed by atoms with Gasteiger partial charge in [0.2, 0.25) is 0 Å². The van der Waals surface area contributed by atoms with Crippen LogP contribution in [0.3, 0.4) is 0 Å². The van der Waals surface area contributed by atoms with Gasteiger partial charge < -0.3 is 10.4 Å². The molecule has 9 heteroatoms. The third kappa shape index (κ3) is 6.05. The van der Waals surface area contributed by atoms with Crippen molar-refractivity contribution in [3.8, 4) is 5.75 Å². The first kappa shape index (κ1) is 22.4. The lowest BCUT2D eigenvalue weighted by Crippen LogP contribution is -2.48. The lowest BCUT2D eigenvalue weighted by molar-refractivity contribution is -0.123. The Morgan fingerprint density at radius 3 is 2.39 bits per heavy atom. The van der Waals surface area contributed by atoms with Crippen molar-refractivity contribution in [2.45, 2.75) is 19.9 Å². The summed E-state index contributed by atoms with van der Waals surface area (Å²) in [5, 5.41) is 16.8. The van der Waals surface area contributed by atoms with Crippen LogP contribution in [-0.2, 0) is 4.79 Å². The maximum Gasteiger partial charge on any atom is 0.262 e. The SMILES string of the molecule is CC(C)C(NC(=O)c1cccc(Cl)c1)C(=O)N/N=C/c1cc(Br)c(O)c(Br)c1. The van der Waals surface area contributed by atoms with Gasteiger partial charge in [-0.1, -0.05) is 31.5 Å². The first-order chi connectivity index (χ1) is 13.2. The highest BCUT2D eigenvalue weighted by Gasteiger charge is 2.24. The fraction of sp³-hybridized carbons (Fsp3) is 0.211. The van der Waals surface area contributed by atoms with E-state index in [9.17, 15) is 14.7 Å². The second-order valence-electron chi connectivity index (χ2n) is 6.27. The summed E-state index contributed by atoms with van der Waals surface area (Å²) in [4.78, 5) is 24.9. The van der Waals surface area contributed by atoms with Crippen molar-refractivity contribution >= 4 is 61.5 Å². The lowest BCUT2D eigenvalue weighted by atomic mass is 10.0. The maximum atomic E-state index is 12.5. The topological polar surface area (TPSA) is 90.8 Å². The zero-order valence-electron chi connectivity index (χ0n) is 15.0. The molecule has 0 aromatic heterocycles. The number of nitrogens with zero attached hydrogens (tertiary/aromatic N) is 1. The third-order valence-corrected chi connectivity index (χ3v) is 5.19. The Bertz CT molecular complexity index is 896. The fourth-order valence-electron chi connectivity index (χ4n) is 2.29. The molecule has 28 heavy (non-hydrogen) atoms. The number of rotatable bonds is 6. The fourth-order valence-corrected chi connectivity index (χ4v) is 3.70. The van der Waals surface area contributed by atoms with E-state index in [1.807, 2.05) is 13.8 Å². The van der Waals surface area contributed by atoms with Gasteiger partial charge in [0.15, 0.2) is 0 Å². The van der Waals surface area contributed by atoms with Gasteiger partial charge in [0, 0.05) is 10.6 Å². The predicted molar refractivity (Wildman–Crippen MR) is 117 cm³/mol. The van der Waals surface area contributed by atoms with Crippen molar-refractivity contribution in [2.75, 3.05) is 0 Å². The molecule has 1 atom stereocenters. The molecule has 0 radical (unpaired) electrons. The number of phenols is 1. The monoisotopic (exact) mass is 529 g/mol. The molecule has 0 bridgehead atoms. The second-order valence-corrected chi connectivity index (χ2v) is 8.42. The summed E-state index contributed by atoms with van der Waals surface area (Å²) < 4.78 is 0.979. The number of carbonyl (C=O) groups excluding carboxylic acids is 2. The number of amides is 2. The predicted octanol–water partition coefficient (Wildman–Crippen LogP) is 4.48. The first-order valence-corrected chi connectivity index (χ1v) is 10.2. The molecule has 2 rings (SSSR count). The molecule has 0 saturated carbocycles. The average molecular weight is 532 g/mol. The molecule has 2 amide bonds. The number of aromatic hydroxyl groups is 1. The lowest BCUT2D eigenvalue weighted by Gasteiger charge is -2.20. The second kappa shape index (κ2) is 10.0. The molecule has 6 nitrogen and oxygen atoms in total. The Balaban J connectivity index is 2.05. The van der Waals surface area contributed by atoms with E-state index in [1.165, 1.54) is 12.3 Å². The van der Waals surface area contributed by atoms with Crippen molar-refractivity contribution < 1.29 is 14.7 Å². The zero-order valence-corrected chi connectivity index (χ0v) is 19.0. The van der Waals surface area contributed by atoms with Crippen molar-refractivity contribution in [3.05, 3.63) is 61.5 Å². The Kier molecular flexibility index (Phi) is 8.03. The van der Waals surface area contributed by atoms with Gasteiger partial charge in [-0.3, -0.25) is 9.59 Å². The number of hydrogen-bond donors (Lipinski definition) is 3. The van der Waals surface area contributed by atoms with Crippen molar-refractivity contribution in [3.63, 3.8) is 0 Å². The Morgan fingerprint density at radius 2 is 1.82 bits per heavy atom. The van der Waals surface area contributed by atoms with Crippen LogP contribution in [0, 0.1) is 5.92 Å². The molecule has 0 heterocycles. The molecular formula is C19H18Br2ClN3O3. The number of hydrogen-bond acceptors (Lipinski definition) is 4. The highest BCUT2D eigenvalue weighted by atomic mass is 79.9. The molecular weight excluding hydrogens is 513 g/mol. The molecule has 0 aliphatic carbocycles. The van der Waals surface area contributed by atoms with Crippen LogP contribution in [-0.4, -0.2) is 29.2 Å². The summed E-state index contributed by atoms with van der Waals surface area (Å²) in [6.07, 6.45) is 1.43. The summed E-state index contributed by atoms with van der Waals surface area (Å²) >= 11 is 12.4. The zero-order chi connectivity index (χ0) is 20.8. The van der Waals surface area contributed by atoms with Crippen LogP contribution >= 0.6 is 43.5 Å². The van der Waals surface area contributed by atoms with Gasteiger partial charge in [-0.15, -0.1) is 0 Å². The minimum atomic E-state index is -0.776. The van der Waals surface area contributed by atoms with Gasteiger partial charge in [-0.05, 0) is 73.7 Å². The minimum Gasteiger partial charge on any atom is -0.506 e. The third-order valence-electron chi connectivity index (χ3n) is 3.75. The van der Waals surface area contributed by atoms with E-state index in [0.717, 1.165) is 0 Å². The standard InChI is InChI=1S/C19H18Br2ClN3O3/c1-10(2)16(24-18(27)12-4-3-5-13(22)8-12)19(28)25-23-9-11-6-14(20)17(26)15(21)7-11/h3-10,16,26H,1-2H3,(H,24,27)(H,25,28)/b23-9+. The molecule has 0 aliphatic rings. The molecule has 148 valence electrons. The number of benzene rings is 2. The summed E-state index contributed by atoms with van der Waals surface area (Å²) in [6.45, 7) is 3.64. The van der Waals surface area contributed by atoms with E-state index in [4.69, 9.17) is 11.6 Å². The molecule has 2 aromatic rings. The highest BCUT2D eigenvalue weighted by Crippen LogP contribution is 2.32. The smallest absolute Gasteiger partial charge is 0.262 e. The van der Waals surface area contributed by atoms with Crippen molar-refractivity contribution in [1.29, 1.82) is 0 Å². The van der Waals surface area contributed by atoms with Crippen LogP contribution in [0.1, 0.15) is 29.8 Å². The van der Waals surface area contributed by atoms with E-state index in [2.05, 4.69) is 47.7 Å². The molecule has 0 aliphatic heterocycles. The van der Waals surface area contributed by atoms with Crippen molar-refractivity contribution in [2.24, 2.45) is 11.0 Å². The van der Waals surface area contributed by atoms with E-state index >= 15 is 0 Å². The van der Waals surface area contributed by atoms with E-state index < -0.39 is 17.9 Å². The Hall–Kier alpha value is -1.90. The molecule has 3 N–H and O–H groups in total. The number of phenolic OH excluding ortho intramolecular Hbond substituents is 1.